The van der Waals surface area contributed by atoms with Gasteiger partial charge in [-0.1, -0.05) is 109 Å². The number of aromatic nitrogens is 2. The number of nitrogens with zero attached hydrogens (tertiary/aromatic N) is 2. The van der Waals surface area contributed by atoms with Gasteiger partial charge in [-0.25, -0.2) is 9.97 Å². The zero-order valence-electron chi connectivity index (χ0n) is 22.2. The maximum absolute atomic E-state index is 5.27. The van der Waals surface area contributed by atoms with E-state index in [0.29, 0.717) is 0 Å². The van der Waals surface area contributed by atoms with E-state index in [1.54, 1.807) is 0 Å². The average Bonchev–Trinajstić information content (AvgIpc) is 3.43. The largest absolute Gasteiger partial charge is 0.228 e. The Kier molecular flexibility index (Phi) is 5.68. The molecule has 0 saturated heterocycles. The Hall–Kier alpha value is -5.12. The van der Waals surface area contributed by atoms with Gasteiger partial charge in [0, 0.05) is 36.7 Å². The molecule has 41 heavy (non-hydrogen) atoms. The molecule has 0 spiro atoms. The Morgan fingerprint density at radius 2 is 0.951 bits per heavy atom. The summed E-state index contributed by atoms with van der Waals surface area (Å²) < 4.78 is 2.57. The first-order valence-electron chi connectivity index (χ1n) is 13.7. The molecule has 8 rings (SSSR count). The number of hydrogen-bond acceptors (Lipinski definition) is 3. The van der Waals surface area contributed by atoms with Crippen molar-refractivity contribution in [1.82, 2.24) is 9.97 Å². The molecule has 3 heteroatoms. The molecule has 0 bridgehead atoms. The lowest BCUT2D eigenvalue weighted by Crippen LogP contribution is -1.96. The Morgan fingerprint density at radius 3 is 1.68 bits per heavy atom. The van der Waals surface area contributed by atoms with Gasteiger partial charge in [0.15, 0.2) is 5.82 Å². The standard InChI is InChI=1S/C38H24N2S/c1-3-11-25(12-4-1)28-21-29(26-13-5-2-6-14-26)23-30(22-28)38-39-34-17-9-7-16-33(34)37(40-38)27-19-20-32-31-15-8-10-18-35(31)41-36(32)24-27/h1-24H. The zero-order valence-corrected chi connectivity index (χ0v) is 23.0. The fourth-order valence-corrected chi connectivity index (χ4v) is 6.80. The van der Waals surface area contributed by atoms with Crippen molar-refractivity contribution in [3.05, 3.63) is 146 Å². The Balaban J connectivity index is 1.35. The monoisotopic (exact) mass is 540 g/mol. The Labute approximate surface area is 242 Å². The van der Waals surface area contributed by atoms with Crippen LogP contribution in [-0.4, -0.2) is 9.97 Å². The number of fused-ring (bicyclic) bond motifs is 4. The SMILES string of the molecule is c1ccc(-c2cc(-c3ccccc3)cc(-c3nc(-c4ccc5c(c4)sc4ccccc45)c4ccccc4n3)c2)cc1. The second kappa shape index (κ2) is 9.81. The molecule has 2 nitrogen and oxygen atoms in total. The van der Waals surface area contributed by atoms with Crippen molar-refractivity contribution >= 4 is 42.4 Å². The second-order valence-electron chi connectivity index (χ2n) is 10.3. The molecule has 6 aromatic carbocycles. The van der Waals surface area contributed by atoms with Crippen molar-refractivity contribution in [2.75, 3.05) is 0 Å². The highest BCUT2D eigenvalue weighted by molar-refractivity contribution is 7.25. The second-order valence-corrected chi connectivity index (χ2v) is 11.3. The number of para-hydroxylation sites is 1. The first-order chi connectivity index (χ1) is 20.3. The molecule has 0 amide bonds. The van der Waals surface area contributed by atoms with E-state index in [0.717, 1.165) is 44.7 Å². The number of benzene rings is 6. The van der Waals surface area contributed by atoms with Crippen LogP contribution in [0.1, 0.15) is 0 Å². The van der Waals surface area contributed by atoms with E-state index in [2.05, 4.69) is 140 Å². The smallest absolute Gasteiger partial charge is 0.160 e. The fourth-order valence-electron chi connectivity index (χ4n) is 5.65. The Morgan fingerprint density at radius 1 is 0.366 bits per heavy atom. The van der Waals surface area contributed by atoms with Gasteiger partial charge in [0.2, 0.25) is 0 Å². The summed E-state index contributed by atoms with van der Waals surface area (Å²) in [4.78, 5) is 10.4. The summed E-state index contributed by atoms with van der Waals surface area (Å²) >= 11 is 1.83. The van der Waals surface area contributed by atoms with Crippen molar-refractivity contribution in [2.24, 2.45) is 0 Å². The van der Waals surface area contributed by atoms with Crippen LogP contribution >= 0.6 is 11.3 Å². The molecule has 0 unspecified atom stereocenters. The van der Waals surface area contributed by atoms with E-state index in [4.69, 9.17) is 9.97 Å². The van der Waals surface area contributed by atoms with Crippen molar-refractivity contribution in [3.8, 4) is 44.9 Å². The quantitative estimate of drug-likeness (QED) is 0.222. The van der Waals surface area contributed by atoms with Crippen LogP contribution in [0.3, 0.4) is 0 Å². The minimum atomic E-state index is 0.727. The van der Waals surface area contributed by atoms with Gasteiger partial charge in [-0.3, -0.25) is 0 Å². The molecule has 0 saturated carbocycles. The number of hydrogen-bond donors (Lipinski definition) is 0. The molecular formula is C38H24N2S. The summed E-state index contributed by atoms with van der Waals surface area (Å²) in [6.45, 7) is 0. The Bertz CT molecular complexity index is 2140. The van der Waals surface area contributed by atoms with Gasteiger partial charge in [0.05, 0.1) is 11.2 Å². The molecule has 0 aliphatic heterocycles. The molecule has 8 aromatic rings. The predicted molar refractivity (Wildman–Crippen MR) is 174 cm³/mol. The third kappa shape index (κ3) is 4.28. The van der Waals surface area contributed by atoms with E-state index in [-0.39, 0.29) is 0 Å². The van der Waals surface area contributed by atoms with Crippen LogP contribution in [-0.2, 0) is 0 Å². The molecule has 0 radical (unpaired) electrons. The summed E-state index contributed by atoms with van der Waals surface area (Å²) in [7, 11) is 0. The lowest BCUT2D eigenvalue weighted by atomic mass is 9.95. The molecule has 0 fully saturated rings. The number of rotatable bonds is 4. The van der Waals surface area contributed by atoms with Crippen molar-refractivity contribution < 1.29 is 0 Å². The van der Waals surface area contributed by atoms with Crippen molar-refractivity contribution in [3.63, 3.8) is 0 Å². The lowest BCUT2D eigenvalue weighted by molar-refractivity contribution is 1.23. The maximum Gasteiger partial charge on any atom is 0.160 e. The highest BCUT2D eigenvalue weighted by Gasteiger charge is 2.15. The fraction of sp³-hybridized carbons (Fsp3) is 0. The van der Waals surface area contributed by atoms with Crippen LogP contribution in [0.2, 0.25) is 0 Å². The summed E-state index contributed by atoms with van der Waals surface area (Å²) in [5.74, 6) is 0.727. The topological polar surface area (TPSA) is 25.8 Å². The van der Waals surface area contributed by atoms with Gasteiger partial charge in [-0.05, 0) is 58.7 Å². The van der Waals surface area contributed by atoms with E-state index in [9.17, 15) is 0 Å². The average molecular weight is 541 g/mol. The van der Waals surface area contributed by atoms with Gasteiger partial charge in [0.1, 0.15) is 0 Å². The molecule has 0 N–H and O–H groups in total. The zero-order chi connectivity index (χ0) is 27.2. The summed E-state index contributed by atoms with van der Waals surface area (Å²) in [5.41, 5.74) is 8.63. The van der Waals surface area contributed by atoms with E-state index in [1.807, 2.05) is 17.4 Å². The highest BCUT2D eigenvalue weighted by Crippen LogP contribution is 2.38. The van der Waals surface area contributed by atoms with E-state index in [1.165, 1.54) is 31.3 Å². The summed E-state index contributed by atoms with van der Waals surface area (Å²) in [5, 5.41) is 3.65. The summed E-state index contributed by atoms with van der Waals surface area (Å²) in [6, 6.07) is 51.4. The van der Waals surface area contributed by atoms with Gasteiger partial charge in [-0.2, -0.15) is 0 Å². The first kappa shape index (κ1) is 23.7. The van der Waals surface area contributed by atoms with Crippen LogP contribution in [0.15, 0.2) is 146 Å². The minimum Gasteiger partial charge on any atom is -0.228 e. The van der Waals surface area contributed by atoms with Gasteiger partial charge in [0.25, 0.3) is 0 Å². The van der Waals surface area contributed by atoms with Crippen molar-refractivity contribution in [1.29, 1.82) is 0 Å². The highest BCUT2D eigenvalue weighted by atomic mass is 32.1. The minimum absolute atomic E-state index is 0.727. The third-order valence-corrected chi connectivity index (χ3v) is 8.79. The van der Waals surface area contributed by atoms with Crippen LogP contribution in [0.5, 0.6) is 0 Å². The van der Waals surface area contributed by atoms with Gasteiger partial charge in [-0.15, -0.1) is 11.3 Å². The molecule has 2 heterocycles. The van der Waals surface area contributed by atoms with Gasteiger partial charge < -0.3 is 0 Å². The van der Waals surface area contributed by atoms with E-state index >= 15 is 0 Å². The lowest BCUT2D eigenvalue weighted by Gasteiger charge is -2.13. The molecular weight excluding hydrogens is 516 g/mol. The normalized spacial score (nSPS) is 11.4. The predicted octanol–water partition coefficient (Wildman–Crippen LogP) is 10.7. The molecule has 0 atom stereocenters. The molecule has 0 aliphatic carbocycles. The van der Waals surface area contributed by atoms with Crippen LogP contribution in [0, 0.1) is 0 Å². The van der Waals surface area contributed by atoms with Crippen LogP contribution < -0.4 is 0 Å². The molecule has 192 valence electrons. The maximum atomic E-state index is 5.27. The first-order valence-corrected chi connectivity index (χ1v) is 14.6. The number of thiophene rings is 1. The molecule has 0 aliphatic rings. The van der Waals surface area contributed by atoms with Crippen molar-refractivity contribution in [2.45, 2.75) is 0 Å². The van der Waals surface area contributed by atoms with E-state index < -0.39 is 0 Å². The summed E-state index contributed by atoms with van der Waals surface area (Å²) in [6.07, 6.45) is 0. The third-order valence-electron chi connectivity index (χ3n) is 7.66. The van der Waals surface area contributed by atoms with Gasteiger partial charge >= 0.3 is 0 Å². The van der Waals surface area contributed by atoms with Crippen LogP contribution in [0.25, 0.3) is 76.0 Å². The molecule has 2 aromatic heterocycles. The van der Waals surface area contributed by atoms with Crippen LogP contribution in [0.4, 0.5) is 0 Å².